The average Bonchev–Trinajstić information content (AvgIpc) is 2.84. The summed E-state index contributed by atoms with van der Waals surface area (Å²) in [7, 11) is 0. The summed E-state index contributed by atoms with van der Waals surface area (Å²) in [6.45, 7) is 6.28. The first kappa shape index (κ1) is 15.3. The molecule has 1 aromatic carbocycles. The zero-order valence-corrected chi connectivity index (χ0v) is 13.7. The van der Waals surface area contributed by atoms with E-state index >= 15 is 0 Å². The summed E-state index contributed by atoms with van der Waals surface area (Å²) in [5, 5.41) is 3.81. The van der Waals surface area contributed by atoms with Crippen LogP contribution in [0.15, 0.2) is 36.5 Å². The minimum Gasteiger partial charge on any atom is -0.366 e. The second-order valence-corrected chi connectivity index (χ2v) is 6.35. The maximum atomic E-state index is 5.89. The smallest absolute Gasteiger partial charge is 0.224 e. The van der Waals surface area contributed by atoms with Crippen molar-refractivity contribution in [3.8, 4) is 0 Å². The van der Waals surface area contributed by atoms with Gasteiger partial charge in [-0.1, -0.05) is 30.3 Å². The van der Waals surface area contributed by atoms with E-state index in [0.29, 0.717) is 17.4 Å². The Labute approximate surface area is 136 Å². The van der Waals surface area contributed by atoms with Gasteiger partial charge in [0.15, 0.2) is 0 Å². The van der Waals surface area contributed by atoms with Crippen LogP contribution in [0.5, 0.6) is 0 Å². The van der Waals surface area contributed by atoms with Gasteiger partial charge in [0.1, 0.15) is 5.82 Å². The molecule has 2 unspecified atom stereocenters. The highest BCUT2D eigenvalue weighted by Gasteiger charge is 2.29. The summed E-state index contributed by atoms with van der Waals surface area (Å²) >= 11 is 5.89. The normalized spacial score (nSPS) is 22.0. The molecule has 22 heavy (non-hydrogen) atoms. The third-order valence-electron chi connectivity index (χ3n) is 4.22. The van der Waals surface area contributed by atoms with Crippen LogP contribution >= 0.6 is 11.6 Å². The lowest BCUT2D eigenvalue weighted by molar-refractivity contribution is 0.259. The second kappa shape index (κ2) is 6.63. The first-order chi connectivity index (χ1) is 10.6. The number of hydrogen-bond donors (Lipinski definition) is 1. The summed E-state index contributed by atoms with van der Waals surface area (Å²) in [5.41, 5.74) is 2.38. The Morgan fingerprint density at radius 3 is 2.86 bits per heavy atom. The number of hydrogen-bond acceptors (Lipinski definition) is 4. The summed E-state index contributed by atoms with van der Waals surface area (Å²) in [4.78, 5) is 10.8. The lowest BCUT2D eigenvalue weighted by Gasteiger charge is -2.21. The fraction of sp³-hybridized carbons (Fsp3) is 0.412. The maximum absolute atomic E-state index is 5.89. The SMILES string of the molecule is Cc1cnc(Cl)nc1NC1CC(C)N(Cc2ccccc2)C1. The van der Waals surface area contributed by atoms with Gasteiger partial charge in [0.05, 0.1) is 0 Å². The topological polar surface area (TPSA) is 41.1 Å². The highest BCUT2D eigenvalue weighted by molar-refractivity contribution is 6.28. The lowest BCUT2D eigenvalue weighted by atomic mass is 10.2. The summed E-state index contributed by atoms with van der Waals surface area (Å²) in [5.74, 6) is 0.846. The molecule has 1 aliphatic rings. The van der Waals surface area contributed by atoms with Crippen molar-refractivity contribution in [3.05, 3.63) is 52.9 Å². The van der Waals surface area contributed by atoms with Crippen LogP contribution in [0.3, 0.4) is 0 Å². The number of anilines is 1. The molecular weight excluding hydrogens is 296 g/mol. The number of aromatic nitrogens is 2. The molecule has 0 amide bonds. The fourth-order valence-electron chi connectivity index (χ4n) is 3.00. The summed E-state index contributed by atoms with van der Waals surface area (Å²) in [6.07, 6.45) is 2.87. The monoisotopic (exact) mass is 316 g/mol. The van der Waals surface area contributed by atoms with E-state index in [1.54, 1.807) is 6.20 Å². The molecule has 0 aliphatic carbocycles. The van der Waals surface area contributed by atoms with Crippen molar-refractivity contribution in [2.75, 3.05) is 11.9 Å². The Bertz CT molecular complexity index is 632. The van der Waals surface area contributed by atoms with Crippen molar-refractivity contribution in [3.63, 3.8) is 0 Å². The highest BCUT2D eigenvalue weighted by atomic mass is 35.5. The molecule has 1 aliphatic heterocycles. The Hall–Kier alpha value is -1.65. The molecule has 1 saturated heterocycles. The van der Waals surface area contributed by atoms with Crippen molar-refractivity contribution in [1.82, 2.24) is 14.9 Å². The minimum atomic E-state index is 0.292. The molecule has 5 heteroatoms. The first-order valence-corrected chi connectivity index (χ1v) is 8.03. The Morgan fingerprint density at radius 2 is 2.09 bits per heavy atom. The molecule has 0 spiro atoms. The van der Waals surface area contributed by atoms with E-state index in [0.717, 1.165) is 30.9 Å². The van der Waals surface area contributed by atoms with Crippen molar-refractivity contribution < 1.29 is 0 Å². The van der Waals surface area contributed by atoms with Gasteiger partial charge in [-0.3, -0.25) is 4.90 Å². The van der Waals surface area contributed by atoms with E-state index in [4.69, 9.17) is 11.6 Å². The quantitative estimate of drug-likeness (QED) is 0.876. The fourth-order valence-corrected chi connectivity index (χ4v) is 3.13. The van der Waals surface area contributed by atoms with Crippen LogP contribution in [-0.2, 0) is 6.54 Å². The zero-order chi connectivity index (χ0) is 15.5. The van der Waals surface area contributed by atoms with E-state index in [2.05, 4.69) is 57.4 Å². The molecule has 2 aromatic rings. The largest absolute Gasteiger partial charge is 0.366 e. The Kier molecular flexibility index (Phi) is 4.60. The zero-order valence-electron chi connectivity index (χ0n) is 13.0. The number of nitrogens with zero attached hydrogens (tertiary/aromatic N) is 3. The lowest BCUT2D eigenvalue weighted by Crippen LogP contribution is -2.28. The predicted molar refractivity (Wildman–Crippen MR) is 90.1 cm³/mol. The number of aryl methyl sites for hydroxylation is 1. The molecule has 2 atom stereocenters. The van der Waals surface area contributed by atoms with Crippen molar-refractivity contribution in [2.45, 2.75) is 38.9 Å². The second-order valence-electron chi connectivity index (χ2n) is 6.01. The number of benzene rings is 1. The molecule has 0 bridgehead atoms. The third-order valence-corrected chi connectivity index (χ3v) is 4.40. The van der Waals surface area contributed by atoms with Gasteiger partial charge in [0.2, 0.25) is 5.28 Å². The Balaban J connectivity index is 1.64. The molecule has 116 valence electrons. The third kappa shape index (κ3) is 3.57. The van der Waals surface area contributed by atoms with Crippen molar-refractivity contribution in [2.24, 2.45) is 0 Å². The van der Waals surface area contributed by atoms with Gasteiger partial charge in [-0.05, 0) is 37.4 Å². The van der Waals surface area contributed by atoms with Gasteiger partial charge in [-0.15, -0.1) is 0 Å². The van der Waals surface area contributed by atoms with Gasteiger partial charge in [0, 0.05) is 36.9 Å². The van der Waals surface area contributed by atoms with Crippen LogP contribution in [0.1, 0.15) is 24.5 Å². The number of halogens is 1. The molecular formula is C17H21ClN4. The minimum absolute atomic E-state index is 0.292. The molecule has 1 fully saturated rings. The van der Waals surface area contributed by atoms with E-state index in [1.807, 2.05) is 6.92 Å². The molecule has 4 nitrogen and oxygen atoms in total. The van der Waals surface area contributed by atoms with Gasteiger partial charge >= 0.3 is 0 Å². The van der Waals surface area contributed by atoms with E-state index in [-0.39, 0.29) is 0 Å². The number of nitrogens with one attached hydrogen (secondary N) is 1. The van der Waals surface area contributed by atoms with Crippen molar-refractivity contribution >= 4 is 17.4 Å². The molecule has 0 saturated carbocycles. The van der Waals surface area contributed by atoms with Gasteiger partial charge in [-0.25, -0.2) is 9.97 Å². The number of rotatable bonds is 4. The van der Waals surface area contributed by atoms with Gasteiger partial charge < -0.3 is 5.32 Å². The van der Waals surface area contributed by atoms with E-state index in [9.17, 15) is 0 Å². The maximum Gasteiger partial charge on any atom is 0.224 e. The van der Waals surface area contributed by atoms with Crippen LogP contribution in [0.4, 0.5) is 5.82 Å². The average molecular weight is 317 g/mol. The number of likely N-dealkylation sites (tertiary alicyclic amines) is 1. The molecule has 0 radical (unpaired) electrons. The van der Waals surface area contributed by atoms with Crippen LogP contribution < -0.4 is 5.32 Å². The summed E-state index contributed by atoms with van der Waals surface area (Å²) in [6, 6.07) is 11.6. The Morgan fingerprint density at radius 1 is 1.32 bits per heavy atom. The molecule has 2 heterocycles. The standard InChI is InChI=1S/C17H21ClN4/c1-12-9-19-17(18)21-16(12)20-15-8-13(2)22(11-15)10-14-6-4-3-5-7-14/h3-7,9,13,15H,8,10-11H2,1-2H3,(H,19,20,21). The van der Waals surface area contributed by atoms with Crippen LogP contribution in [0, 0.1) is 6.92 Å². The van der Waals surface area contributed by atoms with Gasteiger partial charge in [0.25, 0.3) is 0 Å². The van der Waals surface area contributed by atoms with Crippen LogP contribution in [0.25, 0.3) is 0 Å². The van der Waals surface area contributed by atoms with Crippen LogP contribution in [0.2, 0.25) is 5.28 Å². The van der Waals surface area contributed by atoms with Crippen molar-refractivity contribution in [1.29, 1.82) is 0 Å². The highest BCUT2D eigenvalue weighted by Crippen LogP contribution is 2.24. The predicted octanol–water partition coefficient (Wildman–Crippen LogP) is 3.51. The summed E-state index contributed by atoms with van der Waals surface area (Å²) < 4.78 is 0. The van der Waals surface area contributed by atoms with Gasteiger partial charge in [-0.2, -0.15) is 0 Å². The van der Waals surface area contributed by atoms with E-state index < -0.39 is 0 Å². The molecule has 3 rings (SSSR count). The van der Waals surface area contributed by atoms with Crippen LogP contribution in [-0.4, -0.2) is 33.5 Å². The van der Waals surface area contributed by atoms with E-state index in [1.165, 1.54) is 5.56 Å². The first-order valence-electron chi connectivity index (χ1n) is 7.65. The molecule has 1 N–H and O–H groups in total. The molecule has 1 aromatic heterocycles.